The Labute approximate surface area is 339 Å². The van der Waals surface area contributed by atoms with Gasteiger partial charge in [0.2, 0.25) is 6.08 Å². The molecule has 0 spiro atoms. The second kappa shape index (κ2) is 29.9. The van der Waals surface area contributed by atoms with Crippen molar-refractivity contribution in [3.63, 3.8) is 0 Å². The summed E-state index contributed by atoms with van der Waals surface area (Å²) in [5.41, 5.74) is -3.82. The number of aliphatic imine (C=N–C) groups is 1. The molecule has 58 heavy (non-hydrogen) atoms. The topological polar surface area (TPSA) is 227 Å². The van der Waals surface area contributed by atoms with E-state index in [2.05, 4.69) is 11.9 Å². The van der Waals surface area contributed by atoms with Crippen molar-refractivity contribution in [2.75, 3.05) is 19.8 Å². The molecular weight excluding hydrogens is 750 g/mol. The Kier molecular flexibility index (Phi) is 25.3. The van der Waals surface area contributed by atoms with E-state index in [0.29, 0.717) is 103 Å². The molecule has 0 bridgehead atoms. The summed E-state index contributed by atoms with van der Waals surface area (Å²) in [6, 6.07) is 0. The van der Waals surface area contributed by atoms with Gasteiger partial charge in [-0.1, -0.05) is 71.1 Å². The van der Waals surface area contributed by atoms with E-state index in [-0.39, 0.29) is 39.3 Å². The lowest BCUT2D eigenvalue weighted by Crippen LogP contribution is -2.54. The first kappa shape index (κ1) is 48.9. The SMILES string of the molecule is CCCCCCCn1c(=O)n(CCCCCCOC#N)c(=O)n(CCCCCCn2c(=O)n(CCCCCCN=C=O)c(=O)n(CCCCCCOC#N)c2=O)c1=O. The Hall–Kier alpha value is -5.22. The fourth-order valence-corrected chi connectivity index (χ4v) is 6.83. The van der Waals surface area contributed by atoms with Gasteiger partial charge in [-0.2, -0.15) is 10.5 Å². The Balaban J connectivity index is 2.15. The van der Waals surface area contributed by atoms with Crippen LogP contribution in [0.5, 0.6) is 0 Å². The summed E-state index contributed by atoms with van der Waals surface area (Å²) in [5.74, 6) is 0. The number of ether oxygens (including phenoxy) is 2. The van der Waals surface area contributed by atoms with Crippen LogP contribution >= 0.6 is 0 Å². The first-order valence-corrected chi connectivity index (χ1v) is 21.2. The van der Waals surface area contributed by atoms with Gasteiger partial charge in [0.05, 0.1) is 6.54 Å². The van der Waals surface area contributed by atoms with Gasteiger partial charge in [0.15, 0.2) is 0 Å². The molecule has 2 aromatic heterocycles. The van der Waals surface area contributed by atoms with Crippen molar-refractivity contribution in [2.24, 2.45) is 4.99 Å². The molecule has 0 amide bonds. The molecule has 0 atom stereocenters. The third kappa shape index (κ3) is 17.1. The quantitative estimate of drug-likeness (QED) is 0.0426. The number of nitrogens with zero attached hydrogens (tertiary/aromatic N) is 9. The first-order valence-electron chi connectivity index (χ1n) is 21.2. The molecule has 18 nitrogen and oxygen atoms in total. The van der Waals surface area contributed by atoms with E-state index in [9.17, 15) is 33.6 Å². The smallest absolute Gasteiger partial charge is 0.336 e. The first-order chi connectivity index (χ1) is 28.2. The highest BCUT2D eigenvalue weighted by atomic mass is 16.5. The lowest BCUT2D eigenvalue weighted by atomic mass is 10.1. The fourth-order valence-electron chi connectivity index (χ4n) is 6.83. The summed E-state index contributed by atoms with van der Waals surface area (Å²) in [6.07, 6.45) is 19.5. The summed E-state index contributed by atoms with van der Waals surface area (Å²) in [4.78, 5) is 94.5. The second-order valence-electron chi connectivity index (χ2n) is 14.5. The molecule has 0 N–H and O–H groups in total. The number of aromatic nitrogens is 6. The Morgan fingerprint density at radius 3 is 0.931 bits per heavy atom. The average molecular weight is 814 g/mol. The Bertz CT molecular complexity index is 2000. The summed E-state index contributed by atoms with van der Waals surface area (Å²) >= 11 is 0. The molecule has 0 aliphatic heterocycles. The van der Waals surface area contributed by atoms with Gasteiger partial charge in [-0.05, 0) is 70.6 Å². The van der Waals surface area contributed by atoms with Crippen LogP contribution < -0.4 is 34.1 Å². The van der Waals surface area contributed by atoms with Crippen LogP contribution in [-0.2, 0) is 53.5 Å². The van der Waals surface area contributed by atoms with Crippen LogP contribution in [0.25, 0.3) is 0 Å². The monoisotopic (exact) mass is 813 g/mol. The summed E-state index contributed by atoms with van der Waals surface area (Å²) in [7, 11) is 0. The maximum absolute atomic E-state index is 13.5. The predicted octanol–water partition coefficient (Wildman–Crippen LogP) is 3.90. The maximum atomic E-state index is 13.5. The van der Waals surface area contributed by atoms with Crippen LogP contribution in [0.2, 0.25) is 0 Å². The summed E-state index contributed by atoms with van der Waals surface area (Å²) < 4.78 is 16.2. The third-order valence-electron chi connectivity index (χ3n) is 10.1. The number of hydrogen-bond acceptors (Lipinski definition) is 12. The summed E-state index contributed by atoms with van der Waals surface area (Å²) in [5, 5.41) is 17.1. The van der Waals surface area contributed by atoms with E-state index in [1.165, 1.54) is 10.6 Å². The molecule has 0 unspecified atom stereocenters. The molecule has 322 valence electrons. The van der Waals surface area contributed by atoms with Crippen LogP contribution in [0.1, 0.15) is 142 Å². The van der Waals surface area contributed by atoms with Gasteiger partial charge in [-0.3, -0.25) is 0 Å². The lowest BCUT2D eigenvalue weighted by molar-refractivity contribution is 0.259. The number of carbonyl (C=O) groups excluding carboxylic acids is 1. The van der Waals surface area contributed by atoms with E-state index in [0.717, 1.165) is 74.2 Å². The highest BCUT2D eigenvalue weighted by Crippen LogP contribution is 2.06. The average Bonchev–Trinajstić information content (AvgIpc) is 3.21. The summed E-state index contributed by atoms with van der Waals surface area (Å²) in [6.45, 7) is 4.00. The van der Waals surface area contributed by atoms with Crippen LogP contribution in [0, 0.1) is 23.0 Å². The van der Waals surface area contributed by atoms with Gasteiger partial charge in [0, 0.05) is 39.3 Å². The third-order valence-corrected chi connectivity index (χ3v) is 10.1. The number of unbranched alkanes of at least 4 members (excludes halogenated alkanes) is 16. The maximum Gasteiger partial charge on any atom is 0.336 e. The normalized spacial score (nSPS) is 10.9. The van der Waals surface area contributed by atoms with E-state index >= 15 is 0 Å². The van der Waals surface area contributed by atoms with Gasteiger partial charge in [-0.25, -0.2) is 66.0 Å². The molecule has 0 aromatic carbocycles. The minimum absolute atomic E-state index is 0.0887. The van der Waals surface area contributed by atoms with Gasteiger partial charge < -0.3 is 9.47 Å². The molecular formula is C40H63N9O9. The minimum Gasteiger partial charge on any atom is -0.428 e. The van der Waals surface area contributed by atoms with E-state index in [4.69, 9.17) is 20.0 Å². The predicted molar refractivity (Wildman–Crippen MR) is 217 cm³/mol. The Morgan fingerprint density at radius 1 is 0.414 bits per heavy atom. The van der Waals surface area contributed by atoms with Crippen molar-refractivity contribution in [2.45, 2.75) is 181 Å². The van der Waals surface area contributed by atoms with Crippen LogP contribution in [0.15, 0.2) is 33.8 Å². The minimum atomic E-state index is -0.662. The molecule has 18 heteroatoms. The second-order valence-corrected chi connectivity index (χ2v) is 14.5. The largest absolute Gasteiger partial charge is 0.428 e. The molecule has 2 rings (SSSR count). The number of hydrogen-bond donors (Lipinski definition) is 0. The zero-order chi connectivity index (χ0) is 42.4. The molecule has 0 radical (unpaired) electrons. The van der Waals surface area contributed by atoms with Crippen molar-refractivity contribution in [1.82, 2.24) is 27.4 Å². The fraction of sp³-hybridized carbons (Fsp3) is 0.775. The van der Waals surface area contributed by atoms with Crippen molar-refractivity contribution in [1.29, 1.82) is 10.5 Å². The van der Waals surface area contributed by atoms with Crippen molar-refractivity contribution in [3.05, 3.63) is 62.9 Å². The lowest BCUT2D eigenvalue weighted by Gasteiger charge is -2.15. The van der Waals surface area contributed by atoms with Gasteiger partial charge in [-0.15, -0.1) is 0 Å². The number of isocyanates is 1. The molecule has 0 aliphatic rings. The van der Waals surface area contributed by atoms with E-state index in [1.54, 1.807) is 12.5 Å². The van der Waals surface area contributed by atoms with Crippen molar-refractivity contribution in [3.8, 4) is 12.5 Å². The van der Waals surface area contributed by atoms with Crippen molar-refractivity contribution >= 4 is 6.08 Å². The molecule has 2 aromatic rings. The molecule has 0 aliphatic carbocycles. The highest BCUT2D eigenvalue weighted by Gasteiger charge is 2.17. The molecule has 0 saturated heterocycles. The van der Waals surface area contributed by atoms with Gasteiger partial charge in [0.1, 0.15) is 13.2 Å². The van der Waals surface area contributed by atoms with Crippen LogP contribution in [0.3, 0.4) is 0 Å². The number of rotatable bonds is 34. The standard InChI is InChI=1S/C40H63N9O9/c1-2-3-4-6-15-24-44-35(51)46(39(55)48(36(44)52)28-19-10-12-21-30-57-32-41)26-17-8-9-18-27-47-37(53)45(25-16-7-5-14-23-43-34-50)38(54)49(40(47)56)29-20-11-13-22-31-58-33-42/h2-31H2,1H3. The highest BCUT2D eigenvalue weighted by molar-refractivity contribution is 5.32. The van der Waals surface area contributed by atoms with Gasteiger partial charge in [0.25, 0.3) is 12.5 Å². The number of nitriles is 2. The molecule has 0 saturated carbocycles. The van der Waals surface area contributed by atoms with E-state index < -0.39 is 34.1 Å². The molecule has 2 heterocycles. The zero-order valence-electron chi connectivity index (χ0n) is 34.4. The zero-order valence-corrected chi connectivity index (χ0v) is 34.4. The van der Waals surface area contributed by atoms with E-state index in [1.807, 2.05) is 0 Å². The molecule has 0 fully saturated rings. The van der Waals surface area contributed by atoms with Crippen LogP contribution in [-0.4, -0.2) is 53.2 Å². The Morgan fingerprint density at radius 2 is 0.672 bits per heavy atom. The van der Waals surface area contributed by atoms with Gasteiger partial charge >= 0.3 is 34.1 Å². The van der Waals surface area contributed by atoms with Crippen molar-refractivity contribution < 1.29 is 14.3 Å². The van der Waals surface area contributed by atoms with Crippen LogP contribution in [0.4, 0.5) is 0 Å².